The number of aromatic nitrogens is 2. The number of carbonyl (C=O) groups is 1. The van der Waals surface area contributed by atoms with E-state index in [9.17, 15) is 13.6 Å². The van der Waals surface area contributed by atoms with E-state index in [1.54, 1.807) is 7.05 Å². The number of nitrogens with two attached hydrogens (primary N) is 1. The molecule has 0 aromatic carbocycles. The lowest BCUT2D eigenvalue weighted by atomic mass is 10.2. The van der Waals surface area contributed by atoms with E-state index in [0.29, 0.717) is 0 Å². The van der Waals surface area contributed by atoms with Gasteiger partial charge < -0.3 is 5.73 Å². The molecule has 2 N–H and O–H groups in total. The molecule has 0 atom stereocenters. The van der Waals surface area contributed by atoms with E-state index < -0.39 is 18.8 Å². The third kappa shape index (κ3) is 2.24. The highest BCUT2D eigenvalue weighted by molar-refractivity contribution is 5.93. The van der Waals surface area contributed by atoms with E-state index in [1.807, 2.05) is 0 Å². The molecule has 0 unspecified atom stereocenters. The third-order valence-corrected chi connectivity index (χ3v) is 1.52. The van der Waals surface area contributed by atoms with Crippen LogP contribution in [0.15, 0.2) is 6.20 Å². The molecule has 1 amide bonds. The Hall–Kier alpha value is -1.46. The Labute approximate surface area is 73.3 Å². The fraction of sp³-hybridized carbons (Fsp3) is 0.429. The predicted molar refractivity (Wildman–Crippen MR) is 41.4 cm³/mol. The first-order valence-electron chi connectivity index (χ1n) is 3.61. The number of aryl methyl sites for hydroxylation is 1. The molecule has 0 saturated heterocycles. The van der Waals surface area contributed by atoms with Crippen LogP contribution in [0.1, 0.15) is 16.1 Å². The van der Waals surface area contributed by atoms with E-state index >= 15 is 0 Å². The van der Waals surface area contributed by atoms with Gasteiger partial charge in [0, 0.05) is 13.2 Å². The van der Waals surface area contributed by atoms with Crippen LogP contribution in [0.2, 0.25) is 0 Å². The van der Waals surface area contributed by atoms with Gasteiger partial charge >= 0.3 is 0 Å². The number of halogens is 2. The van der Waals surface area contributed by atoms with Crippen LogP contribution in [0.5, 0.6) is 0 Å². The van der Waals surface area contributed by atoms with Crippen molar-refractivity contribution in [1.82, 2.24) is 9.78 Å². The number of alkyl halides is 2. The van der Waals surface area contributed by atoms with Gasteiger partial charge in [-0.05, 0) is 0 Å². The molecule has 0 aliphatic rings. The van der Waals surface area contributed by atoms with Crippen molar-refractivity contribution in [3.05, 3.63) is 17.5 Å². The van der Waals surface area contributed by atoms with Gasteiger partial charge in [0.25, 0.3) is 5.91 Å². The second-order valence-corrected chi connectivity index (χ2v) is 2.62. The fourth-order valence-electron chi connectivity index (χ4n) is 1.04. The molecule has 1 aromatic heterocycles. The minimum Gasteiger partial charge on any atom is -0.365 e. The largest absolute Gasteiger partial charge is 0.365 e. The minimum absolute atomic E-state index is 0.0463. The molecule has 0 radical (unpaired) electrons. The van der Waals surface area contributed by atoms with Crippen LogP contribution in [-0.4, -0.2) is 22.1 Å². The molecule has 4 nitrogen and oxygen atoms in total. The zero-order valence-electron chi connectivity index (χ0n) is 7.00. The zero-order valence-corrected chi connectivity index (χ0v) is 7.00. The maximum absolute atomic E-state index is 12.0. The van der Waals surface area contributed by atoms with Crippen molar-refractivity contribution in [2.24, 2.45) is 12.8 Å². The van der Waals surface area contributed by atoms with Gasteiger partial charge in [0.15, 0.2) is 0 Å². The summed E-state index contributed by atoms with van der Waals surface area (Å²) >= 11 is 0. The van der Waals surface area contributed by atoms with E-state index in [2.05, 4.69) is 5.10 Å². The molecule has 1 aromatic rings. The number of amides is 1. The molecular formula is C7H9F2N3O. The van der Waals surface area contributed by atoms with Crippen LogP contribution in [0.4, 0.5) is 8.78 Å². The van der Waals surface area contributed by atoms with Gasteiger partial charge in [-0.25, -0.2) is 8.78 Å². The molecule has 13 heavy (non-hydrogen) atoms. The summed E-state index contributed by atoms with van der Waals surface area (Å²) in [6.45, 7) is 0. The lowest BCUT2D eigenvalue weighted by molar-refractivity contribution is 0.0997. The van der Waals surface area contributed by atoms with Gasteiger partial charge in [-0.15, -0.1) is 0 Å². The molecule has 0 aliphatic heterocycles. The van der Waals surface area contributed by atoms with Gasteiger partial charge in [0.05, 0.1) is 17.7 Å². The van der Waals surface area contributed by atoms with E-state index in [0.717, 1.165) is 0 Å². The van der Waals surface area contributed by atoms with Crippen molar-refractivity contribution in [2.75, 3.05) is 0 Å². The summed E-state index contributed by atoms with van der Waals surface area (Å²) in [5.41, 5.74) is 5.07. The molecule has 6 heteroatoms. The van der Waals surface area contributed by atoms with Crippen molar-refractivity contribution < 1.29 is 13.6 Å². The highest BCUT2D eigenvalue weighted by Gasteiger charge is 2.16. The Morgan fingerprint density at radius 2 is 2.38 bits per heavy atom. The van der Waals surface area contributed by atoms with Crippen LogP contribution in [0, 0.1) is 0 Å². The van der Waals surface area contributed by atoms with Crippen molar-refractivity contribution >= 4 is 5.91 Å². The average Bonchev–Trinajstić information content (AvgIpc) is 2.29. The van der Waals surface area contributed by atoms with Crippen LogP contribution in [0.25, 0.3) is 0 Å². The topological polar surface area (TPSA) is 60.9 Å². The second-order valence-electron chi connectivity index (χ2n) is 2.62. The lowest BCUT2D eigenvalue weighted by Gasteiger charge is -1.96. The molecule has 0 fully saturated rings. The van der Waals surface area contributed by atoms with Crippen LogP contribution in [-0.2, 0) is 13.5 Å². The molecule has 0 aliphatic carbocycles. The highest BCUT2D eigenvalue weighted by Crippen LogP contribution is 2.10. The fourth-order valence-corrected chi connectivity index (χ4v) is 1.04. The lowest BCUT2D eigenvalue weighted by Crippen LogP contribution is -2.13. The number of carbonyl (C=O) groups excluding carboxylic acids is 1. The number of rotatable bonds is 3. The van der Waals surface area contributed by atoms with Crippen LogP contribution < -0.4 is 5.73 Å². The number of primary amides is 1. The molecule has 0 bridgehead atoms. The highest BCUT2D eigenvalue weighted by atomic mass is 19.3. The summed E-state index contributed by atoms with van der Waals surface area (Å²) in [6, 6.07) is 0. The molecule has 1 heterocycles. The van der Waals surface area contributed by atoms with Crippen LogP contribution >= 0.6 is 0 Å². The smallest absolute Gasteiger partial charge is 0.252 e. The SMILES string of the molecule is Cn1cc(C(N)=O)c(CC(F)F)n1. The summed E-state index contributed by atoms with van der Waals surface area (Å²) < 4.78 is 25.2. The normalized spacial score (nSPS) is 10.8. The van der Waals surface area contributed by atoms with E-state index in [-0.39, 0.29) is 11.3 Å². The van der Waals surface area contributed by atoms with Gasteiger partial charge in [-0.3, -0.25) is 9.48 Å². The summed E-state index contributed by atoms with van der Waals surface area (Å²) in [7, 11) is 1.54. The summed E-state index contributed by atoms with van der Waals surface area (Å²) in [6.07, 6.45) is -1.73. The van der Waals surface area contributed by atoms with Crippen molar-refractivity contribution in [3.8, 4) is 0 Å². The van der Waals surface area contributed by atoms with Crippen molar-refractivity contribution in [2.45, 2.75) is 12.8 Å². The third-order valence-electron chi connectivity index (χ3n) is 1.52. The second kappa shape index (κ2) is 3.51. The van der Waals surface area contributed by atoms with Crippen molar-refractivity contribution in [3.63, 3.8) is 0 Å². The molecule has 0 spiro atoms. The van der Waals surface area contributed by atoms with Gasteiger partial charge in [-0.1, -0.05) is 0 Å². The monoisotopic (exact) mass is 189 g/mol. The van der Waals surface area contributed by atoms with Crippen LogP contribution in [0.3, 0.4) is 0 Å². The molecule has 72 valence electrons. The molecular weight excluding hydrogens is 180 g/mol. The Morgan fingerprint density at radius 3 is 2.85 bits per heavy atom. The Kier molecular flexibility index (Phi) is 2.60. The zero-order chi connectivity index (χ0) is 10.0. The number of nitrogens with zero attached hydrogens (tertiary/aromatic N) is 2. The maximum Gasteiger partial charge on any atom is 0.252 e. The van der Waals surface area contributed by atoms with E-state index in [1.165, 1.54) is 10.9 Å². The Balaban J connectivity index is 2.97. The molecule has 0 saturated carbocycles. The van der Waals surface area contributed by atoms with Gasteiger partial charge in [-0.2, -0.15) is 5.10 Å². The molecule has 1 rings (SSSR count). The quantitative estimate of drug-likeness (QED) is 0.744. The first-order chi connectivity index (χ1) is 6.00. The summed E-state index contributed by atoms with van der Waals surface area (Å²) in [4.78, 5) is 10.7. The first-order valence-corrected chi connectivity index (χ1v) is 3.61. The van der Waals surface area contributed by atoms with Crippen molar-refractivity contribution in [1.29, 1.82) is 0 Å². The van der Waals surface area contributed by atoms with Gasteiger partial charge in [0.2, 0.25) is 6.43 Å². The summed E-state index contributed by atoms with van der Waals surface area (Å²) in [5.74, 6) is -0.733. The van der Waals surface area contributed by atoms with E-state index in [4.69, 9.17) is 5.73 Å². The number of hydrogen-bond donors (Lipinski definition) is 1. The Morgan fingerprint density at radius 1 is 1.77 bits per heavy atom. The Bertz CT molecular complexity index is 322. The maximum atomic E-state index is 12.0. The van der Waals surface area contributed by atoms with Gasteiger partial charge in [0.1, 0.15) is 0 Å². The summed E-state index contributed by atoms with van der Waals surface area (Å²) in [5, 5.41) is 3.71. The first kappa shape index (κ1) is 9.63. The standard InChI is InChI=1S/C7H9F2N3O/c1-12-3-4(7(10)13)5(11-12)2-6(8)9/h3,6H,2H2,1H3,(H2,10,13). The minimum atomic E-state index is -2.52. The predicted octanol–water partition coefficient (Wildman–Crippen LogP) is 0.327. The average molecular weight is 189 g/mol. The number of hydrogen-bond acceptors (Lipinski definition) is 2.